The smallest absolute Gasteiger partial charge is 0.271 e. The van der Waals surface area contributed by atoms with Gasteiger partial charge >= 0.3 is 0 Å². The Bertz CT molecular complexity index is 1570. The van der Waals surface area contributed by atoms with E-state index in [1.165, 1.54) is 11.3 Å². The van der Waals surface area contributed by atoms with Gasteiger partial charge in [-0.25, -0.2) is 4.99 Å². The van der Waals surface area contributed by atoms with Crippen molar-refractivity contribution >= 4 is 40.6 Å². The van der Waals surface area contributed by atoms with E-state index in [0.29, 0.717) is 31.3 Å². The molecule has 1 aliphatic rings. The second-order valence-corrected chi connectivity index (χ2v) is 9.18. The van der Waals surface area contributed by atoms with Crippen molar-refractivity contribution in [2.24, 2.45) is 4.99 Å². The molecule has 1 amide bonds. The predicted octanol–water partition coefficient (Wildman–Crippen LogP) is 3.92. The average Bonchev–Trinajstić information content (AvgIpc) is 3.14. The number of fused-ring (bicyclic) bond motifs is 1. The Morgan fingerprint density at radius 1 is 1.06 bits per heavy atom. The zero-order chi connectivity index (χ0) is 23.7. The van der Waals surface area contributed by atoms with Crippen LogP contribution in [0.25, 0.3) is 6.08 Å². The molecule has 168 valence electrons. The third-order valence-electron chi connectivity index (χ3n) is 5.49. The Kier molecular flexibility index (Phi) is 5.96. The average molecular weight is 487 g/mol. The van der Waals surface area contributed by atoms with Crippen molar-refractivity contribution in [3.63, 3.8) is 0 Å². The number of amides is 1. The highest BCUT2D eigenvalue weighted by molar-refractivity contribution is 7.07. The highest BCUT2D eigenvalue weighted by atomic mass is 35.5. The Morgan fingerprint density at radius 2 is 1.76 bits per heavy atom. The highest BCUT2D eigenvalue weighted by Gasteiger charge is 2.32. The Hall–Kier alpha value is -3.81. The number of halogens is 1. The maximum atomic E-state index is 13.6. The van der Waals surface area contributed by atoms with Crippen LogP contribution in [0.3, 0.4) is 0 Å². The molecule has 1 aliphatic heterocycles. The van der Waals surface area contributed by atoms with E-state index in [4.69, 9.17) is 11.6 Å². The standard InChI is InChI=1S/C26H19ClN4O2S/c1-16-22(24(32)30-20-5-3-2-4-6-20)23(18-7-9-19(27)10-8-18)31-25(33)21(34-26(31)29-16)15-17-11-13-28-14-12-17/h2-15,23H,1H3,(H,30,32). The topological polar surface area (TPSA) is 76.3 Å². The lowest BCUT2D eigenvalue weighted by molar-refractivity contribution is -0.113. The molecule has 0 bridgehead atoms. The van der Waals surface area contributed by atoms with Crippen LogP contribution in [0.15, 0.2) is 100 Å². The van der Waals surface area contributed by atoms with Gasteiger partial charge in [-0.2, -0.15) is 0 Å². The molecule has 3 heterocycles. The van der Waals surface area contributed by atoms with E-state index >= 15 is 0 Å². The number of aromatic nitrogens is 2. The number of anilines is 1. The number of benzene rings is 2. The fourth-order valence-corrected chi connectivity index (χ4v) is 5.08. The lowest BCUT2D eigenvalue weighted by Gasteiger charge is -2.25. The monoisotopic (exact) mass is 486 g/mol. The molecular formula is C26H19ClN4O2S. The lowest BCUT2D eigenvalue weighted by Crippen LogP contribution is -2.40. The lowest BCUT2D eigenvalue weighted by atomic mass is 9.95. The van der Waals surface area contributed by atoms with E-state index in [0.717, 1.165) is 11.1 Å². The molecule has 2 aromatic carbocycles. The molecule has 6 nitrogen and oxygen atoms in total. The van der Waals surface area contributed by atoms with Crippen LogP contribution in [0.1, 0.15) is 24.1 Å². The summed E-state index contributed by atoms with van der Waals surface area (Å²) in [5.74, 6) is -0.309. The van der Waals surface area contributed by atoms with Gasteiger partial charge in [0.1, 0.15) is 0 Å². The summed E-state index contributed by atoms with van der Waals surface area (Å²) < 4.78 is 2.12. The number of carbonyl (C=O) groups is 1. The van der Waals surface area contributed by atoms with E-state index in [9.17, 15) is 9.59 Å². The molecule has 0 saturated heterocycles. The summed E-state index contributed by atoms with van der Waals surface area (Å²) in [5, 5.41) is 3.51. The molecule has 4 aromatic rings. The first-order valence-corrected chi connectivity index (χ1v) is 11.7. The summed E-state index contributed by atoms with van der Waals surface area (Å²) >= 11 is 7.42. The number of rotatable bonds is 4. The molecule has 2 aromatic heterocycles. The fraction of sp³-hybridized carbons (Fsp3) is 0.0769. The molecule has 8 heteroatoms. The molecule has 1 atom stereocenters. The maximum Gasteiger partial charge on any atom is 0.271 e. The number of hydrogen-bond donors (Lipinski definition) is 1. The quantitative estimate of drug-likeness (QED) is 0.475. The van der Waals surface area contributed by atoms with Crippen LogP contribution in [0, 0.1) is 0 Å². The van der Waals surface area contributed by atoms with E-state index < -0.39 is 6.04 Å². The number of thiazole rings is 1. The fourth-order valence-electron chi connectivity index (χ4n) is 3.90. The second kappa shape index (κ2) is 9.21. The summed E-state index contributed by atoms with van der Waals surface area (Å²) in [6.45, 7) is 1.79. The first kappa shape index (κ1) is 22.0. The molecule has 1 unspecified atom stereocenters. The Balaban J connectivity index is 1.68. The van der Waals surface area contributed by atoms with Gasteiger partial charge in [-0.1, -0.05) is 53.3 Å². The number of nitrogens with zero attached hydrogens (tertiary/aromatic N) is 3. The van der Waals surface area contributed by atoms with Crippen molar-refractivity contribution in [1.82, 2.24) is 9.55 Å². The highest BCUT2D eigenvalue weighted by Crippen LogP contribution is 2.31. The zero-order valence-corrected chi connectivity index (χ0v) is 19.7. The van der Waals surface area contributed by atoms with Crippen LogP contribution in [0.4, 0.5) is 5.69 Å². The van der Waals surface area contributed by atoms with Gasteiger partial charge in [-0.05, 0) is 60.5 Å². The molecular weight excluding hydrogens is 468 g/mol. The number of para-hydroxylation sites is 1. The molecule has 0 fully saturated rings. The molecule has 0 aliphatic carbocycles. The second-order valence-electron chi connectivity index (χ2n) is 7.73. The van der Waals surface area contributed by atoms with Crippen LogP contribution in [-0.4, -0.2) is 15.5 Å². The van der Waals surface area contributed by atoms with Crippen LogP contribution >= 0.6 is 22.9 Å². The third-order valence-corrected chi connectivity index (χ3v) is 6.72. The van der Waals surface area contributed by atoms with Crippen molar-refractivity contribution < 1.29 is 4.79 Å². The third kappa shape index (κ3) is 4.23. The summed E-state index contributed by atoms with van der Waals surface area (Å²) in [4.78, 5) is 36.3. The minimum atomic E-state index is -0.642. The van der Waals surface area contributed by atoms with Crippen molar-refractivity contribution in [2.75, 3.05) is 5.32 Å². The van der Waals surface area contributed by atoms with Gasteiger partial charge in [0.25, 0.3) is 11.5 Å². The molecule has 34 heavy (non-hydrogen) atoms. The number of allylic oxidation sites excluding steroid dienone is 1. The van der Waals surface area contributed by atoms with Crippen molar-refractivity contribution in [2.45, 2.75) is 13.0 Å². The summed E-state index contributed by atoms with van der Waals surface area (Å²) in [7, 11) is 0. The first-order chi connectivity index (χ1) is 16.5. The number of nitrogens with one attached hydrogen (secondary N) is 1. The number of pyridine rings is 1. The minimum Gasteiger partial charge on any atom is -0.322 e. The molecule has 0 spiro atoms. The summed E-state index contributed by atoms with van der Waals surface area (Å²) in [6, 6.07) is 19.4. The normalized spacial score (nSPS) is 15.6. The van der Waals surface area contributed by atoms with Crippen molar-refractivity contribution in [3.05, 3.63) is 126 Å². The maximum absolute atomic E-state index is 13.6. The van der Waals surface area contributed by atoms with E-state index in [2.05, 4.69) is 15.3 Å². The summed E-state index contributed by atoms with van der Waals surface area (Å²) in [6.07, 6.45) is 5.17. The van der Waals surface area contributed by atoms with Gasteiger partial charge in [0.05, 0.1) is 21.8 Å². The van der Waals surface area contributed by atoms with E-state index in [1.54, 1.807) is 36.0 Å². The van der Waals surface area contributed by atoms with E-state index in [1.807, 2.05) is 60.7 Å². The van der Waals surface area contributed by atoms with E-state index in [-0.39, 0.29) is 11.5 Å². The van der Waals surface area contributed by atoms with Crippen molar-refractivity contribution in [1.29, 1.82) is 0 Å². The molecule has 1 N–H and O–H groups in total. The Labute approximate surface area is 204 Å². The van der Waals surface area contributed by atoms with Gasteiger partial charge in [0.2, 0.25) is 0 Å². The summed E-state index contributed by atoms with van der Waals surface area (Å²) in [5.41, 5.74) is 3.06. The van der Waals surface area contributed by atoms with Gasteiger partial charge < -0.3 is 5.32 Å². The van der Waals surface area contributed by atoms with Crippen LogP contribution in [0.2, 0.25) is 5.02 Å². The van der Waals surface area contributed by atoms with Crippen LogP contribution in [-0.2, 0) is 4.79 Å². The van der Waals surface area contributed by atoms with Gasteiger partial charge in [-0.15, -0.1) is 0 Å². The largest absolute Gasteiger partial charge is 0.322 e. The van der Waals surface area contributed by atoms with Gasteiger partial charge in [-0.3, -0.25) is 19.1 Å². The Morgan fingerprint density at radius 3 is 2.47 bits per heavy atom. The van der Waals surface area contributed by atoms with Gasteiger partial charge in [0, 0.05) is 23.1 Å². The number of hydrogen-bond acceptors (Lipinski definition) is 5. The van der Waals surface area contributed by atoms with Crippen LogP contribution < -0.4 is 20.2 Å². The van der Waals surface area contributed by atoms with Crippen molar-refractivity contribution in [3.8, 4) is 0 Å². The number of carbonyl (C=O) groups excluding carboxylic acids is 1. The SMILES string of the molecule is CC1=C(C(=O)Nc2ccccc2)C(c2ccc(Cl)cc2)n2c(sc(=Cc3ccncc3)c2=O)=N1. The minimum absolute atomic E-state index is 0.210. The molecule has 5 rings (SSSR count). The predicted molar refractivity (Wildman–Crippen MR) is 135 cm³/mol. The first-order valence-electron chi connectivity index (χ1n) is 10.6. The molecule has 0 radical (unpaired) electrons. The van der Waals surface area contributed by atoms with Crippen LogP contribution in [0.5, 0.6) is 0 Å². The van der Waals surface area contributed by atoms with Gasteiger partial charge in [0.15, 0.2) is 4.80 Å². The molecule has 0 saturated carbocycles. The zero-order valence-electron chi connectivity index (χ0n) is 18.1.